The van der Waals surface area contributed by atoms with Gasteiger partial charge in [-0.3, -0.25) is 0 Å². The van der Waals surface area contributed by atoms with Crippen molar-refractivity contribution in [1.82, 2.24) is 9.97 Å². The third-order valence-corrected chi connectivity index (χ3v) is 4.77. The van der Waals surface area contributed by atoms with Crippen molar-refractivity contribution in [3.63, 3.8) is 0 Å². The van der Waals surface area contributed by atoms with Crippen molar-refractivity contribution in [3.05, 3.63) is 54.6 Å². The Hall–Kier alpha value is -1.90. The van der Waals surface area contributed by atoms with Crippen molar-refractivity contribution < 1.29 is 47.6 Å². The van der Waals surface area contributed by atoms with Crippen LogP contribution in [0.1, 0.15) is 0 Å². The molecule has 0 saturated heterocycles. The van der Waals surface area contributed by atoms with Crippen LogP contribution in [0, 0.1) is 0 Å². The predicted octanol–water partition coefficient (Wildman–Crippen LogP) is -0.00320. The number of aromatic hydroxyl groups is 1. The van der Waals surface area contributed by atoms with E-state index in [0.717, 1.165) is 11.0 Å². The van der Waals surface area contributed by atoms with Crippen LogP contribution in [0.5, 0.6) is 5.75 Å². The number of hydrogen-bond acceptors (Lipinski definition) is 5. The van der Waals surface area contributed by atoms with Crippen LogP contribution in [0.2, 0.25) is 0 Å². The summed E-state index contributed by atoms with van der Waals surface area (Å²) in [6, 6.07) is 14.7. The fourth-order valence-corrected chi connectivity index (χ4v) is 3.46. The number of nitrogens with zero attached hydrogens (tertiary/aromatic N) is 1. The first kappa shape index (κ1) is 17.9. The van der Waals surface area contributed by atoms with Gasteiger partial charge in [-0.15, -0.1) is 0 Å². The molecule has 4 rings (SSSR count). The molecule has 25 heavy (non-hydrogen) atoms. The van der Waals surface area contributed by atoms with E-state index in [1.54, 1.807) is 12.1 Å². The molecule has 8 heteroatoms. The Balaban J connectivity index is 0.00000182. The van der Waals surface area contributed by atoms with Crippen molar-refractivity contribution in [2.45, 2.75) is 4.90 Å². The molecule has 0 fully saturated rings. The quantitative estimate of drug-likeness (QED) is 0.386. The van der Waals surface area contributed by atoms with Crippen LogP contribution < -0.4 is 29.6 Å². The van der Waals surface area contributed by atoms with Gasteiger partial charge in [0.25, 0.3) is 0 Å². The van der Waals surface area contributed by atoms with E-state index < -0.39 is 10.1 Å². The van der Waals surface area contributed by atoms with Crippen LogP contribution in [0.4, 0.5) is 0 Å². The van der Waals surface area contributed by atoms with Gasteiger partial charge in [0.15, 0.2) is 0 Å². The van der Waals surface area contributed by atoms with Crippen molar-refractivity contribution in [1.29, 1.82) is 0 Å². The number of aromatic amines is 1. The molecule has 0 aliphatic carbocycles. The minimum atomic E-state index is -4.63. The van der Waals surface area contributed by atoms with Crippen molar-refractivity contribution in [2.75, 3.05) is 0 Å². The monoisotopic (exact) mass is 362 g/mol. The van der Waals surface area contributed by atoms with E-state index in [4.69, 9.17) is 0 Å². The Kier molecular flexibility index (Phi) is 4.61. The average molecular weight is 362 g/mol. The van der Waals surface area contributed by atoms with E-state index in [0.29, 0.717) is 16.8 Å². The van der Waals surface area contributed by atoms with Crippen molar-refractivity contribution >= 4 is 31.9 Å². The molecule has 120 valence electrons. The predicted molar refractivity (Wildman–Crippen MR) is 88.7 cm³/mol. The van der Waals surface area contributed by atoms with Crippen molar-refractivity contribution in [2.24, 2.45) is 0 Å². The van der Waals surface area contributed by atoms with E-state index in [9.17, 15) is 18.1 Å². The smallest absolute Gasteiger partial charge is 0.744 e. The van der Waals surface area contributed by atoms with Gasteiger partial charge in [0.2, 0.25) is 0 Å². The molecule has 0 amide bonds. The minimum absolute atomic E-state index is 0. The largest absolute Gasteiger partial charge is 1.00 e. The summed E-state index contributed by atoms with van der Waals surface area (Å²) in [6.07, 6.45) is 0. The Bertz CT molecular complexity index is 1170. The molecule has 0 bridgehead atoms. The normalized spacial score (nSPS) is 11.6. The molecule has 2 N–H and O–H groups in total. The number of para-hydroxylation sites is 2. The molecule has 0 saturated carbocycles. The van der Waals surface area contributed by atoms with Gasteiger partial charge in [-0.05, 0) is 35.7 Å². The van der Waals surface area contributed by atoms with Gasteiger partial charge in [0.05, 0.1) is 21.5 Å². The Morgan fingerprint density at radius 1 is 1.04 bits per heavy atom. The number of phenols is 1. The van der Waals surface area contributed by atoms with E-state index in [2.05, 4.69) is 9.97 Å². The molecule has 1 heterocycles. The molecular formula is C17H11N2NaO4S. The first-order valence-corrected chi connectivity index (χ1v) is 8.51. The molecule has 0 aliphatic rings. The van der Waals surface area contributed by atoms with Gasteiger partial charge in [-0.2, -0.15) is 0 Å². The molecule has 0 radical (unpaired) electrons. The van der Waals surface area contributed by atoms with Crippen LogP contribution in [0.25, 0.3) is 33.2 Å². The summed E-state index contributed by atoms with van der Waals surface area (Å²) >= 11 is 0. The second-order valence-corrected chi connectivity index (χ2v) is 6.75. The van der Waals surface area contributed by atoms with Crippen LogP contribution in [-0.4, -0.2) is 28.0 Å². The first-order valence-electron chi connectivity index (χ1n) is 7.10. The summed E-state index contributed by atoms with van der Waals surface area (Å²) in [7, 11) is -4.63. The standard InChI is InChI=1S/C17H12N2O4S.Na/c20-15-9-11-10(4-3-7-16(11)24(21,22)23)8-12(15)17-18-13-5-1-2-6-14(13)19-17;/h1-9,20H,(H,18,19)(H,21,22,23);/q;+1/p-1. The summed E-state index contributed by atoms with van der Waals surface area (Å²) in [4.78, 5) is 7.18. The Morgan fingerprint density at radius 3 is 2.52 bits per heavy atom. The van der Waals surface area contributed by atoms with E-state index in [1.165, 1.54) is 18.2 Å². The summed E-state index contributed by atoms with van der Waals surface area (Å²) in [6.45, 7) is 0. The number of aromatic nitrogens is 2. The van der Waals surface area contributed by atoms with Crippen LogP contribution >= 0.6 is 0 Å². The third-order valence-electron chi connectivity index (χ3n) is 3.87. The van der Waals surface area contributed by atoms with E-state index in [-0.39, 0.29) is 45.6 Å². The molecule has 4 aromatic rings. The number of H-pyrrole nitrogens is 1. The molecule has 0 aliphatic heterocycles. The molecule has 6 nitrogen and oxygen atoms in total. The summed E-state index contributed by atoms with van der Waals surface area (Å²) in [5, 5.41) is 11.0. The van der Waals surface area contributed by atoms with Crippen LogP contribution in [0.15, 0.2) is 59.5 Å². The zero-order valence-corrected chi connectivity index (χ0v) is 16.0. The van der Waals surface area contributed by atoms with Gasteiger partial charge in [0.1, 0.15) is 21.7 Å². The number of rotatable bonds is 2. The van der Waals surface area contributed by atoms with Gasteiger partial charge in [0, 0.05) is 5.39 Å². The number of imidazole rings is 1. The minimum Gasteiger partial charge on any atom is -0.744 e. The molecular weight excluding hydrogens is 351 g/mol. The van der Waals surface area contributed by atoms with Crippen molar-refractivity contribution in [3.8, 4) is 17.1 Å². The number of fused-ring (bicyclic) bond motifs is 2. The zero-order chi connectivity index (χ0) is 16.9. The van der Waals surface area contributed by atoms with Gasteiger partial charge >= 0.3 is 29.6 Å². The summed E-state index contributed by atoms with van der Waals surface area (Å²) < 4.78 is 34.1. The number of hydrogen-bond donors (Lipinski definition) is 2. The summed E-state index contributed by atoms with van der Waals surface area (Å²) in [5.41, 5.74) is 2.00. The van der Waals surface area contributed by atoms with Gasteiger partial charge in [-0.1, -0.05) is 24.3 Å². The third kappa shape index (κ3) is 3.17. The molecule has 0 atom stereocenters. The maximum absolute atomic E-state index is 11.4. The average Bonchev–Trinajstić information content (AvgIpc) is 2.96. The number of phenolic OH excluding ortho intramolecular Hbond substituents is 1. The second-order valence-electron chi connectivity index (χ2n) is 5.40. The maximum atomic E-state index is 11.4. The topological polar surface area (TPSA) is 106 Å². The Morgan fingerprint density at radius 2 is 1.80 bits per heavy atom. The SMILES string of the molecule is O=S(=O)([O-])c1cccc2cc(-c3nc4ccccc4[nH]3)c(O)cc12.[Na+]. The van der Waals surface area contributed by atoms with E-state index >= 15 is 0 Å². The maximum Gasteiger partial charge on any atom is 1.00 e. The van der Waals surface area contributed by atoms with Gasteiger partial charge in [-0.25, -0.2) is 13.4 Å². The molecule has 3 aromatic carbocycles. The fourth-order valence-electron chi connectivity index (χ4n) is 2.77. The number of benzene rings is 3. The first-order chi connectivity index (χ1) is 11.4. The number of nitrogens with one attached hydrogen (secondary N) is 1. The van der Waals surface area contributed by atoms with Crippen LogP contribution in [-0.2, 0) is 10.1 Å². The Labute approximate surface area is 165 Å². The van der Waals surface area contributed by atoms with Crippen LogP contribution in [0.3, 0.4) is 0 Å². The van der Waals surface area contributed by atoms with E-state index in [1.807, 2.05) is 24.3 Å². The summed E-state index contributed by atoms with van der Waals surface area (Å²) in [5.74, 6) is 0.309. The molecule has 0 spiro atoms. The molecule has 1 aromatic heterocycles. The zero-order valence-electron chi connectivity index (χ0n) is 13.2. The molecule has 0 unspecified atom stereocenters. The second kappa shape index (κ2) is 6.44. The van der Waals surface area contributed by atoms with Gasteiger partial charge < -0.3 is 14.6 Å². The fraction of sp³-hybridized carbons (Fsp3) is 0.